The molecule has 0 saturated carbocycles. The Morgan fingerprint density at radius 1 is 1.09 bits per heavy atom. The van der Waals surface area contributed by atoms with Crippen LogP contribution in [0.2, 0.25) is 0 Å². The molecule has 0 unspecified atom stereocenters. The minimum atomic E-state index is -0.496. The van der Waals surface area contributed by atoms with E-state index in [0.29, 0.717) is 27.7 Å². The summed E-state index contributed by atoms with van der Waals surface area (Å²) in [6, 6.07) is 12.0. The topological polar surface area (TPSA) is 59.2 Å². The van der Waals surface area contributed by atoms with E-state index in [1.807, 2.05) is 0 Å². The van der Waals surface area contributed by atoms with Crippen molar-refractivity contribution in [1.29, 1.82) is 0 Å². The quantitative estimate of drug-likeness (QED) is 0.739. The molecule has 22 heavy (non-hydrogen) atoms. The summed E-state index contributed by atoms with van der Waals surface area (Å²) >= 11 is 0. The number of carbonyl (C=O) groups is 1. The second kappa shape index (κ2) is 5.44. The van der Waals surface area contributed by atoms with Gasteiger partial charge in [0.05, 0.1) is 12.7 Å². The highest BCUT2D eigenvalue weighted by Crippen LogP contribution is 2.19. The van der Waals surface area contributed by atoms with Crippen LogP contribution in [0.3, 0.4) is 0 Å². The van der Waals surface area contributed by atoms with Crippen LogP contribution in [0.25, 0.3) is 22.2 Å². The third-order valence-electron chi connectivity index (χ3n) is 3.41. The molecule has 4 nitrogen and oxygen atoms in total. The van der Waals surface area contributed by atoms with Gasteiger partial charge in [-0.25, -0.2) is 9.18 Å². The summed E-state index contributed by atoms with van der Waals surface area (Å²) in [5, 5.41) is 0.397. The monoisotopic (exact) mass is 297 g/mol. The molecular weight excluding hydrogens is 285 g/mol. The molecule has 0 atom stereocenters. The number of esters is 1. The van der Waals surface area contributed by atoms with Crippen molar-refractivity contribution in [3.05, 3.63) is 70.1 Å². The number of hydrogen-bond donors (Lipinski definition) is 1. The number of carbonyl (C=O) groups excluding carboxylic acids is 1. The highest BCUT2D eigenvalue weighted by atomic mass is 19.1. The molecule has 2 aromatic carbocycles. The molecule has 110 valence electrons. The summed E-state index contributed by atoms with van der Waals surface area (Å²) in [5.41, 5.74) is 1.98. The van der Waals surface area contributed by atoms with Gasteiger partial charge >= 0.3 is 5.97 Å². The molecule has 0 saturated heterocycles. The number of pyridine rings is 1. The normalized spacial score (nSPS) is 10.6. The van der Waals surface area contributed by atoms with Crippen molar-refractivity contribution in [3.63, 3.8) is 0 Å². The molecule has 0 bridgehead atoms. The summed E-state index contributed by atoms with van der Waals surface area (Å²) in [7, 11) is 1.29. The summed E-state index contributed by atoms with van der Waals surface area (Å²) < 4.78 is 17.6. The lowest BCUT2D eigenvalue weighted by Crippen LogP contribution is -2.06. The fourth-order valence-electron chi connectivity index (χ4n) is 2.28. The number of benzene rings is 2. The van der Waals surface area contributed by atoms with E-state index in [1.54, 1.807) is 24.3 Å². The maximum absolute atomic E-state index is 13.0. The number of aromatic nitrogens is 1. The lowest BCUT2D eigenvalue weighted by molar-refractivity contribution is 0.0601. The SMILES string of the molecule is COC(=O)c1ccc2[nH]c(-c3ccc(F)cc3)cc(=O)c2c1. The zero-order valence-electron chi connectivity index (χ0n) is 11.7. The second-order valence-electron chi connectivity index (χ2n) is 4.81. The summed E-state index contributed by atoms with van der Waals surface area (Å²) in [5.74, 6) is -0.835. The Labute approximate surface area is 125 Å². The van der Waals surface area contributed by atoms with E-state index in [2.05, 4.69) is 9.72 Å². The number of H-pyrrole nitrogens is 1. The first-order valence-electron chi connectivity index (χ1n) is 6.60. The highest BCUT2D eigenvalue weighted by molar-refractivity contribution is 5.94. The van der Waals surface area contributed by atoms with E-state index in [4.69, 9.17) is 0 Å². The van der Waals surface area contributed by atoms with Gasteiger partial charge in [-0.1, -0.05) is 0 Å². The number of nitrogens with one attached hydrogen (secondary N) is 1. The Kier molecular flexibility index (Phi) is 3.47. The van der Waals surface area contributed by atoms with Gasteiger partial charge in [0.1, 0.15) is 5.82 Å². The van der Waals surface area contributed by atoms with Crippen LogP contribution in [0.1, 0.15) is 10.4 Å². The first-order chi connectivity index (χ1) is 10.6. The minimum Gasteiger partial charge on any atom is -0.465 e. The third-order valence-corrected chi connectivity index (χ3v) is 3.41. The average molecular weight is 297 g/mol. The maximum atomic E-state index is 13.0. The molecule has 1 aromatic heterocycles. The van der Waals surface area contributed by atoms with Gasteiger partial charge < -0.3 is 9.72 Å². The second-order valence-corrected chi connectivity index (χ2v) is 4.81. The van der Waals surface area contributed by atoms with Crippen molar-refractivity contribution >= 4 is 16.9 Å². The summed E-state index contributed by atoms with van der Waals surface area (Å²) in [6.07, 6.45) is 0. The molecule has 0 fully saturated rings. The third kappa shape index (κ3) is 2.48. The molecule has 0 aliphatic rings. The van der Waals surface area contributed by atoms with E-state index in [9.17, 15) is 14.0 Å². The predicted octanol–water partition coefficient (Wildman–Crippen LogP) is 3.12. The van der Waals surface area contributed by atoms with E-state index in [1.165, 1.54) is 31.4 Å². The van der Waals surface area contributed by atoms with Gasteiger partial charge in [0, 0.05) is 22.7 Å². The largest absolute Gasteiger partial charge is 0.465 e. The molecule has 0 spiro atoms. The van der Waals surface area contributed by atoms with Gasteiger partial charge in [0.15, 0.2) is 5.43 Å². The van der Waals surface area contributed by atoms with Crippen molar-refractivity contribution in [1.82, 2.24) is 4.98 Å². The standard InChI is InChI=1S/C17H12FNO3/c1-22-17(21)11-4-7-14-13(8-11)16(20)9-15(19-14)10-2-5-12(18)6-3-10/h2-9H,1H3,(H,19,20). The Hall–Kier alpha value is -2.95. The number of methoxy groups -OCH3 is 1. The molecule has 0 amide bonds. The van der Waals surface area contributed by atoms with Crippen LogP contribution in [0.4, 0.5) is 4.39 Å². The minimum absolute atomic E-state index is 0.223. The number of hydrogen-bond acceptors (Lipinski definition) is 3. The number of aromatic amines is 1. The molecular formula is C17H12FNO3. The highest BCUT2D eigenvalue weighted by Gasteiger charge is 2.09. The van der Waals surface area contributed by atoms with Gasteiger partial charge in [-0.2, -0.15) is 0 Å². The van der Waals surface area contributed by atoms with Crippen LogP contribution in [0.15, 0.2) is 53.3 Å². The number of rotatable bonds is 2. The number of fused-ring (bicyclic) bond motifs is 1. The van der Waals surface area contributed by atoms with E-state index in [-0.39, 0.29) is 11.2 Å². The van der Waals surface area contributed by atoms with Gasteiger partial charge in [-0.15, -0.1) is 0 Å². The van der Waals surface area contributed by atoms with E-state index >= 15 is 0 Å². The van der Waals surface area contributed by atoms with Crippen LogP contribution < -0.4 is 5.43 Å². The zero-order chi connectivity index (χ0) is 15.7. The summed E-state index contributed by atoms with van der Waals surface area (Å²) in [4.78, 5) is 26.9. The van der Waals surface area contributed by atoms with Crippen molar-refractivity contribution < 1.29 is 13.9 Å². The molecule has 0 aliphatic carbocycles. The molecule has 0 radical (unpaired) electrons. The Morgan fingerprint density at radius 3 is 2.50 bits per heavy atom. The molecule has 1 N–H and O–H groups in total. The van der Waals surface area contributed by atoms with Crippen molar-refractivity contribution in [2.24, 2.45) is 0 Å². The van der Waals surface area contributed by atoms with Gasteiger partial charge in [0.25, 0.3) is 0 Å². The first kappa shape index (κ1) is 14.0. The number of ether oxygens (including phenoxy) is 1. The van der Waals surface area contributed by atoms with Gasteiger partial charge in [-0.05, 0) is 48.0 Å². The van der Waals surface area contributed by atoms with Gasteiger partial charge in [-0.3, -0.25) is 4.79 Å². The van der Waals surface area contributed by atoms with Crippen molar-refractivity contribution in [2.75, 3.05) is 7.11 Å². The first-order valence-corrected chi connectivity index (χ1v) is 6.60. The lowest BCUT2D eigenvalue weighted by Gasteiger charge is -2.06. The van der Waals surface area contributed by atoms with Gasteiger partial charge in [0.2, 0.25) is 0 Å². The predicted molar refractivity (Wildman–Crippen MR) is 81.3 cm³/mol. The lowest BCUT2D eigenvalue weighted by atomic mass is 10.1. The maximum Gasteiger partial charge on any atom is 0.337 e. The van der Waals surface area contributed by atoms with Crippen molar-refractivity contribution in [3.8, 4) is 11.3 Å². The Bertz CT molecular complexity index is 913. The molecule has 3 rings (SSSR count). The number of halogens is 1. The molecule has 5 heteroatoms. The Balaban J connectivity index is 2.15. The fraction of sp³-hybridized carbons (Fsp3) is 0.0588. The Morgan fingerprint density at radius 2 is 1.82 bits per heavy atom. The average Bonchev–Trinajstić information content (AvgIpc) is 2.54. The summed E-state index contributed by atoms with van der Waals surface area (Å²) in [6.45, 7) is 0. The smallest absolute Gasteiger partial charge is 0.337 e. The fourth-order valence-corrected chi connectivity index (χ4v) is 2.28. The van der Waals surface area contributed by atoms with Crippen LogP contribution in [0, 0.1) is 5.82 Å². The van der Waals surface area contributed by atoms with Crippen LogP contribution in [0.5, 0.6) is 0 Å². The van der Waals surface area contributed by atoms with E-state index in [0.717, 1.165) is 0 Å². The molecule has 1 heterocycles. The molecule has 3 aromatic rings. The van der Waals surface area contributed by atoms with Crippen molar-refractivity contribution in [2.45, 2.75) is 0 Å². The van der Waals surface area contributed by atoms with E-state index < -0.39 is 5.97 Å². The molecule has 0 aliphatic heterocycles. The van der Waals surface area contributed by atoms with Crippen LogP contribution in [-0.2, 0) is 4.74 Å². The van der Waals surface area contributed by atoms with Crippen LogP contribution in [-0.4, -0.2) is 18.1 Å². The zero-order valence-corrected chi connectivity index (χ0v) is 11.7. The van der Waals surface area contributed by atoms with Crippen LogP contribution >= 0.6 is 0 Å².